The van der Waals surface area contributed by atoms with Crippen LogP contribution in [0.2, 0.25) is 0 Å². The summed E-state index contributed by atoms with van der Waals surface area (Å²) in [5.41, 5.74) is -0.812. The molecule has 6 heteroatoms. The first-order chi connectivity index (χ1) is 7.43. The smallest absolute Gasteiger partial charge is 0.253 e. The minimum absolute atomic E-state index is 0.0326. The van der Waals surface area contributed by atoms with E-state index in [4.69, 9.17) is 0 Å². The van der Waals surface area contributed by atoms with E-state index in [0.29, 0.717) is 0 Å². The van der Waals surface area contributed by atoms with Gasteiger partial charge in [0.2, 0.25) is 11.6 Å². The largest absolute Gasteiger partial charge is 0.379 e. The topological polar surface area (TPSA) is 24.9 Å². The molecule has 0 radical (unpaired) electrons. The second kappa shape index (κ2) is 3.61. The maximum atomic E-state index is 13.1. The number of aromatic nitrogens is 1. The Kier molecular flexibility index (Phi) is 2.52. The van der Waals surface area contributed by atoms with Crippen molar-refractivity contribution in [3.05, 3.63) is 23.5 Å². The lowest BCUT2D eigenvalue weighted by molar-refractivity contribution is 0.409. The van der Waals surface area contributed by atoms with Crippen LogP contribution in [-0.2, 0) is 0 Å². The summed E-state index contributed by atoms with van der Waals surface area (Å²) in [6.45, 7) is 2.20. The maximum absolute atomic E-state index is 13.1. The van der Waals surface area contributed by atoms with E-state index in [1.807, 2.05) is 6.92 Å². The third-order valence-electron chi connectivity index (χ3n) is 2.79. The van der Waals surface area contributed by atoms with E-state index in [-0.39, 0.29) is 12.0 Å². The Hall–Kier alpha value is -1.33. The summed E-state index contributed by atoms with van der Waals surface area (Å²) in [7, 11) is 0. The van der Waals surface area contributed by atoms with Crippen molar-refractivity contribution in [1.82, 2.24) is 4.98 Å². The molecule has 0 aliphatic heterocycles. The van der Waals surface area contributed by atoms with Crippen molar-refractivity contribution in [3.8, 4) is 0 Å². The molecular weight excluding hydrogens is 224 g/mol. The van der Waals surface area contributed by atoms with Crippen molar-refractivity contribution in [2.75, 3.05) is 11.9 Å². The van der Waals surface area contributed by atoms with Gasteiger partial charge in [0, 0.05) is 6.54 Å². The Balaban J connectivity index is 2.24. The first-order valence-corrected chi connectivity index (χ1v) is 4.87. The molecule has 1 fully saturated rings. The van der Waals surface area contributed by atoms with Gasteiger partial charge in [-0.15, -0.1) is 0 Å². The van der Waals surface area contributed by atoms with Gasteiger partial charge < -0.3 is 5.32 Å². The van der Waals surface area contributed by atoms with E-state index < -0.39 is 29.2 Å². The number of nitrogens with one attached hydrogen (secondary N) is 1. The van der Waals surface area contributed by atoms with Crippen LogP contribution in [0.3, 0.4) is 0 Å². The van der Waals surface area contributed by atoms with E-state index >= 15 is 0 Å². The van der Waals surface area contributed by atoms with Crippen LogP contribution in [0.4, 0.5) is 23.2 Å². The summed E-state index contributed by atoms with van der Waals surface area (Å²) < 4.78 is 51.7. The molecule has 0 unspecified atom stereocenters. The standard InChI is InChI=1S/C10H10F4N2/c1-10(2-3-10)4-15-7-5(11)8(13)16-9(14)6(7)12/h2-4H2,1H3,(H,15,16). The summed E-state index contributed by atoms with van der Waals surface area (Å²) in [6, 6.07) is 0. The molecule has 1 aliphatic carbocycles. The zero-order valence-electron chi connectivity index (χ0n) is 8.58. The highest BCUT2D eigenvalue weighted by Crippen LogP contribution is 2.45. The molecule has 1 heterocycles. The zero-order chi connectivity index (χ0) is 11.9. The molecule has 0 atom stereocenters. The number of anilines is 1. The Bertz CT molecular complexity index is 403. The van der Waals surface area contributed by atoms with Gasteiger partial charge in [0.25, 0.3) is 11.9 Å². The van der Waals surface area contributed by atoms with Gasteiger partial charge in [-0.3, -0.25) is 0 Å². The molecule has 88 valence electrons. The Morgan fingerprint density at radius 2 is 1.62 bits per heavy atom. The van der Waals surface area contributed by atoms with E-state index in [9.17, 15) is 17.6 Å². The number of pyridine rings is 1. The number of hydrogen-bond donors (Lipinski definition) is 1. The number of hydrogen-bond acceptors (Lipinski definition) is 2. The van der Waals surface area contributed by atoms with Crippen LogP contribution in [0.15, 0.2) is 0 Å². The highest BCUT2D eigenvalue weighted by molar-refractivity contribution is 5.45. The van der Waals surface area contributed by atoms with Gasteiger partial charge in [-0.25, -0.2) is 0 Å². The third-order valence-corrected chi connectivity index (χ3v) is 2.79. The van der Waals surface area contributed by atoms with Crippen molar-refractivity contribution in [2.24, 2.45) is 5.41 Å². The summed E-state index contributed by atoms with van der Waals surface area (Å²) >= 11 is 0. The third kappa shape index (κ3) is 1.96. The number of rotatable bonds is 3. The fourth-order valence-electron chi connectivity index (χ4n) is 1.33. The van der Waals surface area contributed by atoms with E-state index in [0.717, 1.165) is 12.8 Å². The molecule has 0 spiro atoms. The lowest BCUT2D eigenvalue weighted by atomic mass is 10.1. The van der Waals surface area contributed by atoms with Crippen molar-refractivity contribution < 1.29 is 17.6 Å². The quantitative estimate of drug-likeness (QED) is 0.642. The molecule has 2 nitrogen and oxygen atoms in total. The van der Waals surface area contributed by atoms with Crippen molar-refractivity contribution >= 4 is 5.69 Å². The average molecular weight is 234 g/mol. The van der Waals surface area contributed by atoms with Crippen LogP contribution in [0.5, 0.6) is 0 Å². The highest BCUT2D eigenvalue weighted by Gasteiger charge is 2.37. The predicted octanol–water partition coefficient (Wildman–Crippen LogP) is 2.85. The van der Waals surface area contributed by atoms with Gasteiger partial charge >= 0.3 is 0 Å². The molecule has 0 amide bonds. The minimum Gasteiger partial charge on any atom is -0.379 e. The molecule has 0 bridgehead atoms. The Morgan fingerprint density at radius 1 is 1.12 bits per heavy atom. The van der Waals surface area contributed by atoms with Crippen LogP contribution in [0.25, 0.3) is 0 Å². The molecule has 1 N–H and O–H groups in total. The summed E-state index contributed by atoms with van der Waals surface area (Å²) in [5, 5.41) is 2.40. The second-order valence-electron chi connectivity index (χ2n) is 4.36. The fourth-order valence-corrected chi connectivity index (χ4v) is 1.33. The van der Waals surface area contributed by atoms with Gasteiger partial charge in [0.15, 0.2) is 0 Å². The molecule has 1 aromatic heterocycles. The van der Waals surface area contributed by atoms with E-state index in [1.165, 1.54) is 0 Å². The van der Waals surface area contributed by atoms with E-state index in [1.54, 1.807) is 0 Å². The molecule has 0 aromatic carbocycles. The summed E-state index contributed by atoms with van der Waals surface area (Å²) in [5.74, 6) is -6.24. The molecule has 1 aromatic rings. The molecule has 16 heavy (non-hydrogen) atoms. The number of halogens is 4. The first-order valence-electron chi connectivity index (χ1n) is 4.87. The van der Waals surface area contributed by atoms with Crippen LogP contribution < -0.4 is 5.32 Å². The molecule has 2 rings (SSSR count). The van der Waals surface area contributed by atoms with Gasteiger partial charge in [-0.05, 0) is 18.3 Å². The van der Waals surface area contributed by atoms with Crippen molar-refractivity contribution in [1.29, 1.82) is 0 Å². The maximum Gasteiger partial charge on any atom is 0.253 e. The van der Waals surface area contributed by atoms with Crippen LogP contribution in [-0.4, -0.2) is 11.5 Å². The predicted molar refractivity (Wildman–Crippen MR) is 49.9 cm³/mol. The summed E-state index contributed by atoms with van der Waals surface area (Å²) in [4.78, 5) is 2.47. The molecule has 1 saturated carbocycles. The van der Waals surface area contributed by atoms with Gasteiger partial charge in [-0.1, -0.05) is 6.92 Å². The highest BCUT2D eigenvalue weighted by atomic mass is 19.2. The lowest BCUT2D eigenvalue weighted by Crippen LogP contribution is -2.16. The lowest BCUT2D eigenvalue weighted by Gasteiger charge is -2.12. The Labute approximate surface area is 89.7 Å². The van der Waals surface area contributed by atoms with Crippen LogP contribution in [0.1, 0.15) is 19.8 Å². The molecule has 1 aliphatic rings. The Morgan fingerprint density at radius 3 is 2.06 bits per heavy atom. The number of nitrogens with zero attached hydrogens (tertiary/aromatic N) is 1. The van der Waals surface area contributed by atoms with Crippen LogP contribution >= 0.6 is 0 Å². The second-order valence-corrected chi connectivity index (χ2v) is 4.36. The monoisotopic (exact) mass is 234 g/mol. The average Bonchev–Trinajstić information content (AvgIpc) is 2.94. The SMILES string of the molecule is CC1(CNc2c(F)c(F)nc(F)c2F)CC1. The normalized spacial score (nSPS) is 17.3. The zero-order valence-corrected chi connectivity index (χ0v) is 8.58. The first kappa shape index (κ1) is 11.2. The van der Waals surface area contributed by atoms with Crippen molar-refractivity contribution in [3.63, 3.8) is 0 Å². The molecule has 0 saturated heterocycles. The van der Waals surface area contributed by atoms with Gasteiger partial charge in [0.1, 0.15) is 5.69 Å². The summed E-state index contributed by atoms with van der Waals surface area (Å²) in [6.07, 6.45) is 1.86. The fraction of sp³-hybridized carbons (Fsp3) is 0.500. The van der Waals surface area contributed by atoms with Gasteiger partial charge in [-0.2, -0.15) is 22.5 Å². The van der Waals surface area contributed by atoms with Crippen molar-refractivity contribution in [2.45, 2.75) is 19.8 Å². The van der Waals surface area contributed by atoms with Crippen LogP contribution in [0, 0.1) is 28.9 Å². The van der Waals surface area contributed by atoms with Gasteiger partial charge in [0.05, 0.1) is 0 Å². The van der Waals surface area contributed by atoms with E-state index in [2.05, 4.69) is 10.3 Å². The minimum atomic E-state index is -1.64. The molecular formula is C10H10F4N2.